The number of aromatic nitrogens is 1. The van der Waals surface area contributed by atoms with Crippen LogP contribution < -0.4 is 4.74 Å². The van der Waals surface area contributed by atoms with Gasteiger partial charge in [0.15, 0.2) is 0 Å². The summed E-state index contributed by atoms with van der Waals surface area (Å²) in [6.45, 7) is 5.03. The Kier molecular flexibility index (Phi) is 5.68. The van der Waals surface area contributed by atoms with Gasteiger partial charge in [-0.1, -0.05) is 24.3 Å². The van der Waals surface area contributed by atoms with E-state index in [1.165, 1.54) is 0 Å². The highest BCUT2D eigenvalue weighted by molar-refractivity contribution is 5.79. The first-order chi connectivity index (χ1) is 13.3. The largest absolute Gasteiger partial charge is 0.493 e. The zero-order valence-electron chi connectivity index (χ0n) is 15.7. The molecule has 0 spiro atoms. The smallest absolute Gasteiger partial charge is 0.226 e. The van der Waals surface area contributed by atoms with Crippen molar-refractivity contribution in [2.75, 3.05) is 32.8 Å². The lowest BCUT2D eigenvalue weighted by atomic mass is 9.95. The molecule has 0 bridgehead atoms. The monoisotopic (exact) mass is 365 g/mol. The number of para-hydroxylation sites is 1. The molecule has 5 heteroatoms. The Hall–Kier alpha value is -2.40. The van der Waals surface area contributed by atoms with Crippen molar-refractivity contribution in [2.24, 2.45) is 5.92 Å². The van der Waals surface area contributed by atoms with E-state index in [4.69, 9.17) is 4.74 Å². The third-order valence-electron chi connectivity index (χ3n) is 5.52. The van der Waals surface area contributed by atoms with Crippen LogP contribution in [0.4, 0.5) is 0 Å². The molecule has 142 valence electrons. The summed E-state index contributed by atoms with van der Waals surface area (Å²) >= 11 is 0. The van der Waals surface area contributed by atoms with E-state index in [9.17, 15) is 4.79 Å². The van der Waals surface area contributed by atoms with Gasteiger partial charge in [0, 0.05) is 44.8 Å². The predicted octanol–water partition coefficient (Wildman–Crippen LogP) is 2.76. The SMILES string of the molecule is O=C(C1CCOc2ccccc2C1)N1CCCN(Cc2ccccn2)CC1. The molecule has 0 saturated carbocycles. The molecule has 2 aliphatic rings. The van der Waals surface area contributed by atoms with Crippen LogP contribution in [-0.2, 0) is 17.8 Å². The number of rotatable bonds is 3. The maximum Gasteiger partial charge on any atom is 0.226 e. The van der Waals surface area contributed by atoms with E-state index in [1.54, 1.807) is 0 Å². The van der Waals surface area contributed by atoms with Crippen LogP contribution in [0.5, 0.6) is 5.75 Å². The van der Waals surface area contributed by atoms with Crippen LogP contribution in [0.2, 0.25) is 0 Å². The second-order valence-electron chi connectivity index (χ2n) is 7.42. The Bertz CT molecular complexity index is 765. The van der Waals surface area contributed by atoms with Crippen LogP contribution in [0.3, 0.4) is 0 Å². The highest BCUT2D eigenvalue weighted by atomic mass is 16.5. The van der Waals surface area contributed by atoms with Gasteiger partial charge in [0.2, 0.25) is 5.91 Å². The van der Waals surface area contributed by atoms with Gasteiger partial charge in [-0.3, -0.25) is 14.7 Å². The number of benzene rings is 1. The predicted molar refractivity (Wildman–Crippen MR) is 104 cm³/mol. The second-order valence-corrected chi connectivity index (χ2v) is 7.42. The Morgan fingerprint density at radius 1 is 1.07 bits per heavy atom. The number of nitrogens with zero attached hydrogens (tertiary/aromatic N) is 3. The summed E-state index contributed by atoms with van der Waals surface area (Å²) in [4.78, 5) is 22.1. The van der Waals surface area contributed by atoms with E-state index in [1.807, 2.05) is 36.5 Å². The average Bonchev–Trinajstić information content (AvgIpc) is 3.07. The topological polar surface area (TPSA) is 45.7 Å². The Morgan fingerprint density at radius 3 is 2.85 bits per heavy atom. The molecule has 1 saturated heterocycles. The summed E-state index contributed by atoms with van der Waals surface area (Å²) in [7, 11) is 0. The number of hydrogen-bond acceptors (Lipinski definition) is 4. The second kappa shape index (κ2) is 8.53. The molecule has 0 aliphatic carbocycles. The van der Waals surface area contributed by atoms with E-state index in [0.717, 1.165) is 69.0 Å². The van der Waals surface area contributed by atoms with Crippen molar-refractivity contribution < 1.29 is 9.53 Å². The minimum absolute atomic E-state index is 0.0241. The molecule has 2 aliphatic heterocycles. The fourth-order valence-electron chi connectivity index (χ4n) is 4.03. The number of ether oxygens (including phenoxy) is 1. The number of fused-ring (bicyclic) bond motifs is 1. The number of pyridine rings is 1. The van der Waals surface area contributed by atoms with Crippen molar-refractivity contribution in [3.63, 3.8) is 0 Å². The maximum atomic E-state index is 13.2. The molecular weight excluding hydrogens is 338 g/mol. The van der Waals surface area contributed by atoms with Crippen LogP contribution >= 0.6 is 0 Å². The number of carbonyl (C=O) groups excluding carboxylic acids is 1. The normalized spacial score (nSPS) is 20.9. The molecule has 1 amide bonds. The number of hydrogen-bond donors (Lipinski definition) is 0. The molecule has 4 rings (SSSR count). The minimum atomic E-state index is 0.0241. The van der Waals surface area contributed by atoms with Gasteiger partial charge in [0.25, 0.3) is 0 Å². The first-order valence-corrected chi connectivity index (χ1v) is 9.91. The minimum Gasteiger partial charge on any atom is -0.493 e. The summed E-state index contributed by atoms with van der Waals surface area (Å²) in [5, 5.41) is 0. The van der Waals surface area contributed by atoms with Crippen molar-refractivity contribution in [2.45, 2.75) is 25.8 Å². The lowest BCUT2D eigenvalue weighted by Crippen LogP contribution is -2.39. The standard InChI is InChI=1S/C22H27N3O2/c26-22(19-9-15-27-21-8-2-1-6-18(21)16-19)25-12-5-11-24(13-14-25)17-20-7-3-4-10-23-20/h1-4,6-8,10,19H,5,9,11-17H2. The first-order valence-electron chi connectivity index (χ1n) is 9.91. The van der Waals surface area contributed by atoms with E-state index < -0.39 is 0 Å². The molecule has 3 heterocycles. The van der Waals surface area contributed by atoms with Crippen LogP contribution in [0, 0.1) is 5.92 Å². The molecule has 1 fully saturated rings. The summed E-state index contributed by atoms with van der Waals surface area (Å²) < 4.78 is 5.84. The van der Waals surface area contributed by atoms with Crippen LogP contribution in [-0.4, -0.2) is 53.5 Å². The average molecular weight is 365 g/mol. The molecule has 1 aromatic carbocycles. The molecule has 27 heavy (non-hydrogen) atoms. The quantitative estimate of drug-likeness (QED) is 0.839. The highest BCUT2D eigenvalue weighted by Crippen LogP contribution is 2.27. The summed E-state index contributed by atoms with van der Waals surface area (Å²) in [6, 6.07) is 14.1. The first kappa shape index (κ1) is 18.0. The maximum absolute atomic E-state index is 13.2. The van der Waals surface area contributed by atoms with Crippen molar-refractivity contribution in [3.8, 4) is 5.75 Å². The van der Waals surface area contributed by atoms with Crippen molar-refractivity contribution in [3.05, 3.63) is 59.9 Å². The summed E-state index contributed by atoms with van der Waals surface area (Å²) in [5.74, 6) is 1.25. The molecule has 1 unspecified atom stereocenters. The molecule has 1 aromatic heterocycles. The van der Waals surface area contributed by atoms with Gasteiger partial charge in [-0.05, 0) is 43.0 Å². The van der Waals surface area contributed by atoms with Crippen molar-refractivity contribution >= 4 is 5.91 Å². The Balaban J connectivity index is 1.37. The highest BCUT2D eigenvalue weighted by Gasteiger charge is 2.28. The van der Waals surface area contributed by atoms with Gasteiger partial charge in [0.05, 0.1) is 12.3 Å². The fraction of sp³-hybridized carbons (Fsp3) is 0.455. The third kappa shape index (κ3) is 4.48. The summed E-state index contributed by atoms with van der Waals surface area (Å²) in [5.41, 5.74) is 2.25. The van der Waals surface area contributed by atoms with Gasteiger partial charge in [-0.2, -0.15) is 0 Å². The van der Waals surface area contributed by atoms with E-state index in [-0.39, 0.29) is 11.8 Å². The van der Waals surface area contributed by atoms with Crippen LogP contribution in [0.25, 0.3) is 0 Å². The van der Waals surface area contributed by atoms with Gasteiger partial charge >= 0.3 is 0 Å². The van der Waals surface area contributed by atoms with E-state index >= 15 is 0 Å². The lowest BCUT2D eigenvalue weighted by Gasteiger charge is -2.25. The van der Waals surface area contributed by atoms with Crippen molar-refractivity contribution in [1.82, 2.24) is 14.8 Å². The van der Waals surface area contributed by atoms with Gasteiger partial charge in [-0.15, -0.1) is 0 Å². The zero-order valence-corrected chi connectivity index (χ0v) is 15.7. The van der Waals surface area contributed by atoms with E-state index in [0.29, 0.717) is 6.61 Å². The molecule has 2 aromatic rings. The molecule has 5 nitrogen and oxygen atoms in total. The fourth-order valence-corrected chi connectivity index (χ4v) is 4.03. The molecular formula is C22H27N3O2. The van der Waals surface area contributed by atoms with Gasteiger partial charge < -0.3 is 9.64 Å². The molecule has 0 N–H and O–H groups in total. The number of amides is 1. The zero-order chi connectivity index (χ0) is 18.5. The van der Waals surface area contributed by atoms with E-state index in [2.05, 4.69) is 26.9 Å². The Morgan fingerprint density at radius 2 is 1.96 bits per heavy atom. The molecule has 0 radical (unpaired) electrons. The van der Waals surface area contributed by atoms with Gasteiger partial charge in [-0.25, -0.2) is 0 Å². The van der Waals surface area contributed by atoms with Crippen LogP contribution in [0.1, 0.15) is 24.1 Å². The van der Waals surface area contributed by atoms with Gasteiger partial charge in [0.1, 0.15) is 5.75 Å². The van der Waals surface area contributed by atoms with Crippen molar-refractivity contribution in [1.29, 1.82) is 0 Å². The van der Waals surface area contributed by atoms with Crippen LogP contribution in [0.15, 0.2) is 48.7 Å². The third-order valence-corrected chi connectivity index (χ3v) is 5.52. The number of carbonyl (C=O) groups is 1. The lowest BCUT2D eigenvalue weighted by molar-refractivity contribution is -0.135. The molecule has 1 atom stereocenters. The Labute approximate surface area is 161 Å². The summed E-state index contributed by atoms with van der Waals surface area (Å²) in [6.07, 6.45) is 4.43.